The molecular formula is C11H21NO. The maximum absolute atomic E-state index is 5.67. The van der Waals surface area contributed by atoms with E-state index in [0.717, 1.165) is 24.5 Å². The third kappa shape index (κ3) is 5.47. The second-order valence-corrected chi connectivity index (χ2v) is 3.28. The van der Waals surface area contributed by atoms with Crippen LogP contribution in [-0.4, -0.2) is 13.6 Å². The second kappa shape index (κ2) is 6.72. The molecule has 0 atom stereocenters. The van der Waals surface area contributed by atoms with Gasteiger partial charge in [-0.15, -0.1) is 0 Å². The lowest BCUT2D eigenvalue weighted by molar-refractivity contribution is 0.290. The summed E-state index contributed by atoms with van der Waals surface area (Å²) >= 11 is 0. The first kappa shape index (κ1) is 12.2. The molecule has 0 aliphatic carbocycles. The number of hydrogen-bond acceptors (Lipinski definition) is 2. The van der Waals surface area contributed by atoms with Gasteiger partial charge >= 0.3 is 0 Å². The molecule has 0 aromatic heterocycles. The zero-order valence-corrected chi connectivity index (χ0v) is 9.40. The van der Waals surface area contributed by atoms with E-state index in [9.17, 15) is 0 Å². The molecule has 0 bridgehead atoms. The van der Waals surface area contributed by atoms with Gasteiger partial charge in [0.25, 0.3) is 0 Å². The van der Waals surface area contributed by atoms with Crippen molar-refractivity contribution in [3.8, 4) is 0 Å². The van der Waals surface area contributed by atoms with Crippen LogP contribution in [0.15, 0.2) is 23.2 Å². The van der Waals surface area contributed by atoms with Gasteiger partial charge in [-0.05, 0) is 45.9 Å². The van der Waals surface area contributed by atoms with E-state index in [0.29, 0.717) is 0 Å². The van der Waals surface area contributed by atoms with Crippen LogP contribution < -0.4 is 5.32 Å². The van der Waals surface area contributed by atoms with E-state index in [-0.39, 0.29) is 0 Å². The number of likely N-dealkylation sites (N-methyl/N-ethyl adjacent to an activating group) is 1. The molecule has 0 aliphatic rings. The van der Waals surface area contributed by atoms with Gasteiger partial charge in [-0.1, -0.05) is 6.92 Å². The van der Waals surface area contributed by atoms with E-state index >= 15 is 0 Å². The van der Waals surface area contributed by atoms with E-state index in [4.69, 9.17) is 4.74 Å². The number of hydrogen-bond donors (Lipinski definition) is 1. The smallest absolute Gasteiger partial charge is 0.116 e. The van der Waals surface area contributed by atoms with Crippen molar-refractivity contribution in [2.75, 3.05) is 13.6 Å². The lowest BCUT2D eigenvalue weighted by Crippen LogP contribution is -2.13. The highest BCUT2D eigenvalue weighted by Gasteiger charge is 2.00. The quantitative estimate of drug-likeness (QED) is 0.662. The summed E-state index contributed by atoms with van der Waals surface area (Å²) in [6.45, 7) is 9.00. The summed E-state index contributed by atoms with van der Waals surface area (Å²) in [4.78, 5) is 0. The first-order valence-electron chi connectivity index (χ1n) is 4.77. The van der Waals surface area contributed by atoms with Gasteiger partial charge in [-0.2, -0.15) is 0 Å². The van der Waals surface area contributed by atoms with E-state index in [1.54, 1.807) is 0 Å². The van der Waals surface area contributed by atoms with Crippen LogP contribution in [-0.2, 0) is 4.74 Å². The number of ether oxygens (including phenoxy) is 1. The molecule has 0 radical (unpaired) electrons. The molecule has 0 heterocycles. The van der Waals surface area contributed by atoms with Crippen LogP contribution in [0.2, 0.25) is 0 Å². The van der Waals surface area contributed by atoms with Gasteiger partial charge in [0.15, 0.2) is 0 Å². The summed E-state index contributed by atoms with van der Waals surface area (Å²) < 4.78 is 5.67. The van der Waals surface area contributed by atoms with Gasteiger partial charge < -0.3 is 10.1 Å². The Morgan fingerprint density at radius 3 is 2.31 bits per heavy atom. The van der Waals surface area contributed by atoms with Gasteiger partial charge in [0.1, 0.15) is 5.76 Å². The molecule has 76 valence electrons. The van der Waals surface area contributed by atoms with Crippen LogP contribution in [0.25, 0.3) is 0 Å². The molecule has 0 saturated heterocycles. The first-order chi connectivity index (χ1) is 6.11. The van der Waals surface area contributed by atoms with Crippen molar-refractivity contribution in [2.24, 2.45) is 0 Å². The minimum absolute atomic E-state index is 0.789. The van der Waals surface area contributed by atoms with Crippen molar-refractivity contribution in [2.45, 2.75) is 34.1 Å². The fourth-order valence-electron chi connectivity index (χ4n) is 0.999. The maximum Gasteiger partial charge on any atom is 0.116 e. The topological polar surface area (TPSA) is 21.3 Å². The van der Waals surface area contributed by atoms with E-state index in [1.165, 1.54) is 5.57 Å². The molecule has 0 fully saturated rings. The predicted molar refractivity (Wildman–Crippen MR) is 57.4 cm³/mol. The maximum atomic E-state index is 5.67. The summed E-state index contributed by atoms with van der Waals surface area (Å²) in [7, 11) is 1.92. The molecule has 0 aliphatic heterocycles. The molecule has 0 unspecified atom stereocenters. The van der Waals surface area contributed by atoms with E-state index in [2.05, 4.69) is 32.2 Å². The van der Waals surface area contributed by atoms with Crippen molar-refractivity contribution in [1.29, 1.82) is 0 Å². The summed E-state index contributed by atoms with van der Waals surface area (Å²) in [5.74, 6) is 2.00. The lowest BCUT2D eigenvalue weighted by atomic mass is 10.3. The molecule has 0 saturated carbocycles. The summed E-state index contributed by atoms with van der Waals surface area (Å²) in [6, 6.07) is 0. The van der Waals surface area contributed by atoms with Crippen molar-refractivity contribution in [3.63, 3.8) is 0 Å². The SMILES string of the molecule is CC/C=C(/C)OC(CNC)=C(C)C. The monoisotopic (exact) mass is 183 g/mol. The van der Waals surface area contributed by atoms with Crippen LogP contribution in [0.5, 0.6) is 0 Å². The normalized spacial score (nSPS) is 11.3. The molecule has 0 aromatic rings. The Hall–Kier alpha value is -0.760. The number of allylic oxidation sites excluding steroid dienone is 3. The van der Waals surface area contributed by atoms with Crippen molar-refractivity contribution in [3.05, 3.63) is 23.2 Å². The fourth-order valence-corrected chi connectivity index (χ4v) is 0.999. The molecule has 2 heteroatoms. The van der Waals surface area contributed by atoms with Crippen LogP contribution in [0, 0.1) is 0 Å². The summed E-state index contributed by atoms with van der Waals surface area (Å²) in [6.07, 6.45) is 3.10. The van der Waals surface area contributed by atoms with Gasteiger partial charge in [0, 0.05) is 0 Å². The van der Waals surface area contributed by atoms with Crippen LogP contribution >= 0.6 is 0 Å². The van der Waals surface area contributed by atoms with Crippen molar-refractivity contribution in [1.82, 2.24) is 5.32 Å². The highest BCUT2D eigenvalue weighted by Crippen LogP contribution is 2.10. The largest absolute Gasteiger partial charge is 0.465 e. The lowest BCUT2D eigenvalue weighted by Gasteiger charge is -2.11. The average molecular weight is 183 g/mol. The Morgan fingerprint density at radius 1 is 1.31 bits per heavy atom. The zero-order valence-electron chi connectivity index (χ0n) is 9.40. The van der Waals surface area contributed by atoms with E-state index in [1.807, 2.05) is 14.0 Å². The highest BCUT2D eigenvalue weighted by molar-refractivity contribution is 5.07. The van der Waals surface area contributed by atoms with Gasteiger partial charge in [0.2, 0.25) is 0 Å². The first-order valence-corrected chi connectivity index (χ1v) is 4.77. The van der Waals surface area contributed by atoms with Gasteiger partial charge in [0.05, 0.1) is 12.3 Å². The minimum Gasteiger partial charge on any atom is -0.465 e. The average Bonchev–Trinajstić information content (AvgIpc) is 2.04. The van der Waals surface area contributed by atoms with Gasteiger partial charge in [-0.25, -0.2) is 0 Å². The van der Waals surface area contributed by atoms with Crippen LogP contribution in [0.3, 0.4) is 0 Å². The number of rotatable bonds is 5. The third-order valence-corrected chi connectivity index (χ3v) is 1.67. The molecule has 0 rings (SSSR count). The van der Waals surface area contributed by atoms with E-state index < -0.39 is 0 Å². The Balaban J connectivity index is 4.28. The molecule has 0 aromatic carbocycles. The summed E-state index contributed by atoms with van der Waals surface area (Å²) in [5, 5.41) is 3.09. The Morgan fingerprint density at radius 2 is 1.92 bits per heavy atom. The summed E-state index contributed by atoms with van der Waals surface area (Å²) in [5.41, 5.74) is 1.22. The fraction of sp³-hybridized carbons (Fsp3) is 0.636. The molecule has 1 N–H and O–H groups in total. The third-order valence-electron chi connectivity index (χ3n) is 1.67. The minimum atomic E-state index is 0.789. The second-order valence-electron chi connectivity index (χ2n) is 3.28. The number of nitrogens with one attached hydrogen (secondary N) is 1. The zero-order chi connectivity index (χ0) is 10.3. The molecule has 13 heavy (non-hydrogen) atoms. The predicted octanol–water partition coefficient (Wildman–Crippen LogP) is 2.83. The molecular weight excluding hydrogens is 162 g/mol. The van der Waals surface area contributed by atoms with Crippen molar-refractivity contribution >= 4 is 0 Å². The van der Waals surface area contributed by atoms with Crippen LogP contribution in [0.4, 0.5) is 0 Å². The Labute approximate surface area is 81.7 Å². The molecule has 0 spiro atoms. The Kier molecular flexibility index (Phi) is 6.33. The standard InChI is InChI=1S/C11H21NO/c1-6-7-10(4)13-11(8-12-5)9(2)3/h7,12H,6,8H2,1-5H3/b10-7-. The molecule has 0 amide bonds. The van der Waals surface area contributed by atoms with Crippen molar-refractivity contribution < 1.29 is 4.74 Å². The Bertz CT molecular complexity index is 200. The highest BCUT2D eigenvalue weighted by atomic mass is 16.5. The van der Waals surface area contributed by atoms with Crippen LogP contribution in [0.1, 0.15) is 34.1 Å². The molecule has 2 nitrogen and oxygen atoms in total. The van der Waals surface area contributed by atoms with Gasteiger partial charge in [-0.3, -0.25) is 0 Å².